The van der Waals surface area contributed by atoms with Gasteiger partial charge in [0.1, 0.15) is 0 Å². The molecule has 0 aromatic heterocycles. The zero-order valence-electron chi connectivity index (χ0n) is 16.1. The van der Waals surface area contributed by atoms with Crippen LogP contribution in [0.3, 0.4) is 0 Å². The Hall–Kier alpha value is -3.60. The maximum Gasteiger partial charge on any atom is 0.276 e. The highest BCUT2D eigenvalue weighted by molar-refractivity contribution is 6.14. The van der Waals surface area contributed by atoms with Gasteiger partial charge in [-0.2, -0.15) is 0 Å². The van der Waals surface area contributed by atoms with Crippen molar-refractivity contribution in [2.45, 2.75) is 19.0 Å². The number of anilines is 2. The molecule has 2 aliphatic rings. The van der Waals surface area contributed by atoms with Gasteiger partial charge in [-0.05, 0) is 43.2 Å². The van der Waals surface area contributed by atoms with Crippen LogP contribution in [-0.4, -0.2) is 23.3 Å². The lowest BCUT2D eigenvalue weighted by molar-refractivity contribution is -0.125. The highest BCUT2D eigenvalue weighted by Crippen LogP contribution is 2.45. The van der Waals surface area contributed by atoms with E-state index in [9.17, 15) is 9.59 Å². The van der Waals surface area contributed by atoms with Gasteiger partial charge < -0.3 is 15.5 Å². The topological polar surface area (TPSA) is 61.4 Å². The van der Waals surface area contributed by atoms with Crippen LogP contribution in [0.1, 0.15) is 27.0 Å². The van der Waals surface area contributed by atoms with Crippen molar-refractivity contribution in [1.82, 2.24) is 4.90 Å². The first-order valence-corrected chi connectivity index (χ1v) is 9.75. The van der Waals surface area contributed by atoms with Gasteiger partial charge in [-0.1, -0.05) is 54.1 Å². The minimum absolute atomic E-state index is 0.139. The van der Waals surface area contributed by atoms with Gasteiger partial charge in [0, 0.05) is 23.5 Å². The summed E-state index contributed by atoms with van der Waals surface area (Å²) >= 11 is 0. The first kappa shape index (κ1) is 17.5. The van der Waals surface area contributed by atoms with Crippen molar-refractivity contribution in [3.63, 3.8) is 0 Å². The van der Waals surface area contributed by atoms with E-state index in [1.165, 1.54) is 0 Å². The van der Waals surface area contributed by atoms with E-state index in [1.54, 1.807) is 11.0 Å². The summed E-state index contributed by atoms with van der Waals surface area (Å²) in [7, 11) is 0. The maximum atomic E-state index is 13.5. The Kier molecular flexibility index (Phi) is 3.91. The minimum Gasteiger partial charge on any atom is -0.350 e. The molecule has 3 aromatic rings. The molecule has 144 valence electrons. The Bertz CT molecular complexity index is 1130. The maximum absolute atomic E-state index is 13.5. The van der Waals surface area contributed by atoms with Gasteiger partial charge in [0.2, 0.25) is 5.66 Å². The van der Waals surface area contributed by atoms with Crippen molar-refractivity contribution < 1.29 is 9.59 Å². The van der Waals surface area contributed by atoms with Gasteiger partial charge in [0.25, 0.3) is 11.8 Å². The Morgan fingerprint density at radius 2 is 1.66 bits per heavy atom. The number of carbonyl (C=O) groups excluding carboxylic acids is 2. The van der Waals surface area contributed by atoms with Crippen molar-refractivity contribution in [2.75, 3.05) is 17.2 Å². The fourth-order valence-corrected chi connectivity index (χ4v) is 4.29. The molecule has 2 N–H and O–H groups in total. The normalized spacial score (nSPS) is 19.6. The molecule has 5 heteroatoms. The monoisotopic (exact) mass is 383 g/mol. The molecule has 5 rings (SSSR count). The molecule has 0 fully saturated rings. The highest BCUT2D eigenvalue weighted by atomic mass is 16.2. The van der Waals surface area contributed by atoms with Crippen LogP contribution < -0.4 is 10.6 Å². The summed E-state index contributed by atoms with van der Waals surface area (Å²) in [5, 5.41) is 6.38. The van der Waals surface area contributed by atoms with Gasteiger partial charge in [-0.25, -0.2) is 0 Å². The number of hydrogen-bond donors (Lipinski definition) is 2. The summed E-state index contributed by atoms with van der Waals surface area (Å²) in [6.07, 6.45) is 0.659. The predicted octanol–water partition coefficient (Wildman–Crippen LogP) is 3.91. The number of nitrogens with zero attached hydrogens (tertiary/aromatic N) is 1. The van der Waals surface area contributed by atoms with Crippen LogP contribution in [0.25, 0.3) is 0 Å². The molecule has 1 spiro atoms. The lowest BCUT2D eigenvalue weighted by Gasteiger charge is -2.44. The number of nitrogens with one attached hydrogen (secondary N) is 2. The van der Waals surface area contributed by atoms with Crippen LogP contribution in [0, 0.1) is 6.92 Å². The Labute approximate surface area is 169 Å². The van der Waals surface area contributed by atoms with Crippen molar-refractivity contribution in [3.8, 4) is 0 Å². The molecule has 2 amide bonds. The standard InChI is InChI=1S/C24H21N3O2/c1-16-11-12-21-19(15-16)24(23(29)25-21)26-20-10-6-5-9-18(20)22(28)27(24)14-13-17-7-3-2-4-8-17/h2-12,15,26H,13-14H2,1H3,(H,25,29). The van der Waals surface area contributed by atoms with Gasteiger partial charge in [0.05, 0.1) is 5.56 Å². The van der Waals surface area contributed by atoms with E-state index in [4.69, 9.17) is 0 Å². The van der Waals surface area contributed by atoms with E-state index in [0.717, 1.165) is 22.4 Å². The van der Waals surface area contributed by atoms with E-state index in [1.807, 2.05) is 73.7 Å². The van der Waals surface area contributed by atoms with E-state index in [2.05, 4.69) is 10.6 Å². The fraction of sp³-hybridized carbons (Fsp3) is 0.167. The smallest absolute Gasteiger partial charge is 0.276 e. The number of carbonyl (C=O) groups is 2. The summed E-state index contributed by atoms with van der Waals surface area (Å²) in [6, 6.07) is 23.2. The molecule has 0 saturated carbocycles. The number of aryl methyl sites for hydroxylation is 1. The van der Waals surface area contributed by atoms with E-state index >= 15 is 0 Å². The van der Waals surface area contributed by atoms with Gasteiger partial charge >= 0.3 is 0 Å². The fourth-order valence-electron chi connectivity index (χ4n) is 4.29. The number of rotatable bonds is 3. The minimum atomic E-state index is -1.25. The number of amides is 2. The second-order valence-corrected chi connectivity index (χ2v) is 7.58. The van der Waals surface area contributed by atoms with Crippen LogP contribution in [0.2, 0.25) is 0 Å². The first-order valence-electron chi connectivity index (χ1n) is 9.75. The van der Waals surface area contributed by atoms with Crippen LogP contribution in [-0.2, 0) is 16.9 Å². The molecule has 1 unspecified atom stereocenters. The van der Waals surface area contributed by atoms with Crippen molar-refractivity contribution in [3.05, 3.63) is 95.1 Å². The molecule has 29 heavy (non-hydrogen) atoms. The van der Waals surface area contributed by atoms with Gasteiger partial charge in [-0.15, -0.1) is 0 Å². The third kappa shape index (κ3) is 2.62. The lowest BCUT2D eigenvalue weighted by Crippen LogP contribution is -2.61. The molecule has 0 aliphatic carbocycles. The molecule has 2 heterocycles. The van der Waals surface area contributed by atoms with E-state index < -0.39 is 5.66 Å². The SMILES string of the molecule is Cc1ccc2c(c1)C1(Nc3ccccc3C(=O)N1CCc1ccccc1)C(=O)N2. The van der Waals surface area contributed by atoms with E-state index in [0.29, 0.717) is 24.2 Å². The molecule has 1 atom stereocenters. The lowest BCUT2D eigenvalue weighted by atomic mass is 9.91. The van der Waals surface area contributed by atoms with E-state index in [-0.39, 0.29) is 11.8 Å². The van der Waals surface area contributed by atoms with Crippen LogP contribution >= 0.6 is 0 Å². The third-order valence-electron chi connectivity index (χ3n) is 5.73. The average molecular weight is 383 g/mol. The molecule has 2 aliphatic heterocycles. The molecule has 3 aromatic carbocycles. The van der Waals surface area contributed by atoms with Gasteiger partial charge in [-0.3, -0.25) is 9.59 Å². The molecular weight excluding hydrogens is 362 g/mol. The number of fused-ring (bicyclic) bond motifs is 3. The van der Waals surface area contributed by atoms with Crippen molar-refractivity contribution >= 4 is 23.2 Å². The van der Waals surface area contributed by atoms with Crippen LogP contribution in [0.15, 0.2) is 72.8 Å². The zero-order valence-corrected chi connectivity index (χ0v) is 16.1. The second kappa shape index (κ2) is 6.48. The zero-order chi connectivity index (χ0) is 20.0. The quantitative estimate of drug-likeness (QED) is 0.721. The van der Waals surface area contributed by atoms with Crippen LogP contribution in [0.5, 0.6) is 0 Å². The highest BCUT2D eigenvalue weighted by Gasteiger charge is 2.56. The third-order valence-corrected chi connectivity index (χ3v) is 5.73. The molecule has 0 bridgehead atoms. The molecule has 0 saturated heterocycles. The number of hydrogen-bond acceptors (Lipinski definition) is 3. The van der Waals surface area contributed by atoms with Crippen LogP contribution in [0.4, 0.5) is 11.4 Å². The Balaban J connectivity index is 1.65. The Morgan fingerprint density at radius 3 is 2.48 bits per heavy atom. The second-order valence-electron chi connectivity index (χ2n) is 7.58. The summed E-state index contributed by atoms with van der Waals surface area (Å²) in [6.45, 7) is 2.41. The summed E-state index contributed by atoms with van der Waals surface area (Å²) in [5.41, 5.74) is 3.70. The number of para-hydroxylation sites is 1. The summed E-state index contributed by atoms with van der Waals surface area (Å²) in [4.78, 5) is 28.6. The predicted molar refractivity (Wildman–Crippen MR) is 113 cm³/mol. The number of benzene rings is 3. The van der Waals surface area contributed by atoms with Gasteiger partial charge in [0.15, 0.2) is 0 Å². The molecular formula is C24H21N3O2. The van der Waals surface area contributed by atoms with Crippen molar-refractivity contribution in [2.24, 2.45) is 0 Å². The largest absolute Gasteiger partial charge is 0.350 e. The molecule has 5 nitrogen and oxygen atoms in total. The van der Waals surface area contributed by atoms with Crippen molar-refractivity contribution in [1.29, 1.82) is 0 Å². The first-order chi connectivity index (χ1) is 14.1. The Morgan fingerprint density at radius 1 is 0.897 bits per heavy atom. The summed E-state index contributed by atoms with van der Waals surface area (Å²) in [5.74, 6) is -0.367. The average Bonchev–Trinajstić information content (AvgIpc) is 3.00. The molecule has 0 radical (unpaired) electrons. The summed E-state index contributed by atoms with van der Waals surface area (Å²) < 4.78 is 0.